The molecule has 3 N–H and O–H groups in total. The van der Waals surface area contributed by atoms with Gasteiger partial charge in [0.1, 0.15) is 24.5 Å². The number of halogens is 1. The summed E-state index contributed by atoms with van der Waals surface area (Å²) in [4.78, 5) is 12.3. The van der Waals surface area contributed by atoms with Gasteiger partial charge in [-0.25, -0.2) is 9.97 Å². The fraction of sp³-hybridized carbons (Fsp3) is 0.0588. The minimum atomic E-state index is 0.341. The van der Waals surface area contributed by atoms with Crippen LogP contribution in [0, 0.1) is 0 Å². The van der Waals surface area contributed by atoms with Gasteiger partial charge in [0.05, 0.1) is 21.8 Å². The summed E-state index contributed by atoms with van der Waals surface area (Å²) in [6.45, 7) is 0.341. The van der Waals surface area contributed by atoms with Crippen LogP contribution in [0.1, 0.15) is 5.69 Å². The number of hydrogen-bond acceptors (Lipinski definition) is 6. The van der Waals surface area contributed by atoms with Crippen molar-refractivity contribution in [2.75, 3.05) is 5.73 Å². The lowest BCUT2D eigenvalue weighted by Gasteiger charge is -2.09. The molecule has 3 heterocycles. The maximum atomic E-state index is 6.36. The topological polar surface area (TPSA) is 103 Å². The third-order valence-electron chi connectivity index (χ3n) is 3.70. The van der Waals surface area contributed by atoms with Crippen molar-refractivity contribution < 1.29 is 4.74 Å². The van der Waals surface area contributed by atoms with E-state index >= 15 is 0 Å². The van der Waals surface area contributed by atoms with E-state index in [1.165, 1.54) is 6.33 Å². The van der Waals surface area contributed by atoms with E-state index in [1.54, 1.807) is 18.3 Å². The van der Waals surface area contributed by atoms with Gasteiger partial charge in [0.2, 0.25) is 0 Å². The Balaban J connectivity index is 1.63. The molecule has 4 aromatic rings. The molecule has 7 nitrogen and oxygen atoms in total. The van der Waals surface area contributed by atoms with Gasteiger partial charge in [-0.1, -0.05) is 17.7 Å². The van der Waals surface area contributed by atoms with Gasteiger partial charge in [0.15, 0.2) is 5.65 Å². The summed E-state index contributed by atoms with van der Waals surface area (Å²) in [5, 5.41) is 8.22. The van der Waals surface area contributed by atoms with Crippen LogP contribution in [0.2, 0.25) is 5.02 Å². The van der Waals surface area contributed by atoms with Gasteiger partial charge >= 0.3 is 0 Å². The molecule has 0 amide bonds. The first-order valence-corrected chi connectivity index (χ1v) is 7.87. The van der Waals surface area contributed by atoms with Gasteiger partial charge in [0, 0.05) is 11.8 Å². The average Bonchev–Trinajstić information content (AvgIpc) is 3.07. The zero-order valence-electron chi connectivity index (χ0n) is 13.0. The first kappa shape index (κ1) is 15.3. The molecule has 8 heteroatoms. The first-order valence-electron chi connectivity index (χ1n) is 7.49. The molecule has 0 saturated carbocycles. The monoisotopic (exact) mass is 352 g/mol. The van der Waals surface area contributed by atoms with Crippen LogP contribution in [-0.4, -0.2) is 25.1 Å². The summed E-state index contributed by atoms with van der Waals surface area (Å²) >= 11 is 6.36. The number of rotatable bonds is 4. The largest absolute Gasteiger partial charge is 0.486 e. The molecule has 0 saturated heterocycles. The number of ether oxygens (including phenoxy) is 1. The van der Waals surface area contributed by atoms with Crippen molar-refractivity contribution in [1.29, 1.82) is 0 Å². The Hall–Kier alpha value is -3.19. The van der Waals surface area contributed by atoms with Gasteiger partial charge in [0.25, 0.3) is 0 Å². The minimum Gasteiger partial charge on any atom is -0.486 e. The number of hydrogen-bond donors (Lipinski definition) is 2. The second-order valence-electron chi connectivity index (χ2n) is 5.31. The zero-order chi connectivity index (χ0) is 17.2. The molecule has 0 atom stereocenters. The molecule has 1 aromatic carbocycles. The quantitative estimate of drug-likeness (QED) is 0.584. The highest BCUT2D eigenvalue weighted by Gasteiger charge is 2.14. The van der Waals surface area contributed by atoms with Crippen molar-refractivity contribution in [3.05, 3.63) is 59.6 Å². The molecule has 0 spiro atoms. The van der Waals surface area contributed by atoms with Crippen LogP contribution >= 0.6 is 11.6 Å². The Kier molecular flexibility index (Phi) is 3.91. The van der Waals surface area contributed by atoms with Crippen molar-refractivity contribution in [2.24, 2.45) is 0 Å². The number of pyridine rings is 1. The van der Waals surface area contributed by atoms with Gasteiger partial charge in [-0.15, -0.1) is 0 Å². The number of benzene rings is 1. The summed E-state index contributed by atoms with van der Waals surface area (Å²) in [6, 6.07) is 11.1. The number of nitrogens with zero attached hydrogens (tertiary/aromatic N) is 4. The third kappa shape index (κ3) is 2.97. The Morgan fingerprint density at radius 1 is 1.12 bits per heavy atom. The van der Waals surface area contributed by atoms with Gasteiger partial charge in [-0.05, 0) is 30.3 Å². The number of fused-ring (bicyclic) bond motifs is 1. The zero-order valence-corrected chi connectivity index (χ0v) is 13.7. The van der Waals surface area contributed by atoms with E-state index in [9.17, 15) is 0 Å². The van der Waals surface area contributed by atoms with Crippen LogP contribution in [0.4, 0.5) is 5.82 Å². The number of nitrogen functional groups attached to an aromatic ring is 1. The second kappa shape index (κ2) is 6.37. The second-order valence-corrected chi connectivity index (χ2v) is 5.72. The van der Waals surface area contributed by atoms with E-state index in [0.29, 0.717) is 39.9 Å². The van der Waals surface area contributed by atoms with Gasteiger partial charge in [-0.3, -0.25) is 10.1 Å². The molecule has 25 heavy (non-hydrogen) atoms. The van der Waals surface area contributed by atoms with Gasteiger partial charge < -0.3 is 10.5 Å². The summed E-state index contributed by atoms with van der Waals surface area (Å²) in [5.74, 6) is 0.935. The Bertz CT molecular complexity index is 1030. The first-order chi connectivity index (χ1) is 12.2. The van der Waals surface area contributed by atoms with E-state index in [0.717, 1.165) is 11.3 Å². The molecule has 0 unspecified atom stereocenters. The van der Waals surface area contributed by atoms with E-state index in [4.69, 9.17) is 22.1 Å². The number of nitrogens with one attached hydrogen (secondary N) is 1. The molecular weight excluding hydrogens is 340 g/mol. The van der Waals surface area contributed by atoms with Crippen LogP contribution in [0.5, 0.6) is 5.75 Å². The van der Waals surface area contributed by atoms with Crippen LogP contribution in [0.3, 0.4) is 0 Å². The molecule has 4 rings (SSSR count). The SMILES string of the molecule is Nc1ncnc2n[nH]c(-c3ccc(OCc4ccccn4)c(Cl)c3)c12. The Morgan fingerprint density at radius 3 is 2.84 bits per heavy atom. The van der Waals surface area contributed by atoms with E-state index in [2.05, 4.69) is 25.1 Å². The molecular formula is C17H13ClN6O. The molecule has 3 aromatic heterocycles. The number of nitrogens with two attached hydrogens (primary N) is 1. The van der Waals surface area contributed by atoms with Crippen LogP contribution in [-0.2, 0) is 6.61 Å². The number of aromatic nitrogens is 5. The maximum absolute atomic E-state index is 6.36. The molecule has 0 aliphatic carbocycles. The van der Waals surface area contributed by atoms with Crippen LogP contribution in [0.15, 0.2) is 48.9 Å². The van der Waals surface area contributed by atoms with Gasteiger partial charge in [-0.2, -0.15) is 5.10 Å². The third-order valence-corrected chi connectivity index (χ3v) is 4.00. The summed E-state index contributed by atoms with van der Waals surface area (Å²) in [5.41, 5.74) is 8.81. The normalized spacial score (nSPS) is 10.9. The lowest BCUT2D eigenvalue weighted by Crippen LogP contribution is -1.98. The highest BCUT2D eigenvalue weighted by atomic mass is 35.5. The molecule has 0 fully saturated rings. The molecule has 0 radical (unpaired) electrons. The fourth-order valence-corrected chi connectivity index (χ4v) is 2.73. The van der Waals surface area contributed by atoms with E-state index in [-0.39, 0.29) is 0 Å². The number of H-pyrrole nitrogens is 1. The summed E-state index contributed by atoms with van der Waals surface area (Å²) in [6.07, 6.45) is 3.10. The lowest BCUT2D eigenvalue weighted by molar-refractivity contribution is 0.301. The summed E-state index contributed by atoms with van der Waals surface area (Å²) in [7, 11) is 0. The lowest BCUT2D eigenvalue weighted by atomic mass is 10.1. The Labute approximate surface area is 147 Å². The van der Waals surface area contributed by atoms with Crippen molar-refractivity contribution in [1.82, 2.24) is 25.1 Å². The minimum absolute atomic E-state index is 0.341. The average molecular weight is 353 g/mol. The summed E-state index contributed by atoms with van der Waals surface area (Å²) < 4.78 is 5.74. The number of aromatic amines is 1. The molecule has 0 aliphatic heterocycles. The standard InChI is InChI=1S/C17H13ClN6O/c18-12-7-10(15-14-16(19)21-9-22-17(14)24-23-15)4-5-13(12)25-8-11-3-1-2-6-20-11/h1-7,9H,8H2,(H3,19,21,22,23,24). The Morgan fingerprint density at radius 2 is 2.04 bits per heavy atom. The van der Waals surface area contributed by atoms with Crippen LogP contribution in [0.25, 0.3) is 22.3 Å². The maximum Gasteiger partial charge on any atom is 0.186 e. The van der Waals surface area contributed by atoms with Crippen molar-refractivity contribution in [3.8, 4) is 17.0 Å². The predicted octanol–water partition coefficient (Wildman–Crippen LogP) is 3.23. The van der Waals surface area contributed by atoms with Crippen molar-refractivity contribution >= 4 is 28.5 Å². The van der Waals surface area contributed by atoms with E-state index in [1.807, 2.05) is 24.3 Å². The van der Waals surface area contributed by atoms with Crippen molar-refractivity contribution in [2.45, 2.75) is 6.61 Å². The van der Waals surface area contributed by atoms with E-state index < -0.39 is 0 Å². The van der Waals surface area contributed by atoms with Crippen LogP contribution < -0.4 is 10.5 Å². The highest BCUT2D eigenvalue weighted by molar-refractivity contribution is 6.32. The van der Waals surface area contributed by atoms with Crippen molar-refractivity contribution in [3.63, 3.8) is 0 Å². The molecule has 124 valence electrons. The number of anilines is 1. The highest BCUT2D eigenvalue weighted by Crippen LogP contribution is 2.33. The smallest absolute Gasteiger partial charge is 0.186 e. The predicted molar refractivity (Wildman–Crippen MR) is 95.1 cm³/mol. The fourth-order valence-electron chi connectivity index (χ4n) is 2.50. The molecule has 0 aliphatic rings. The molecule has 0 bridgehead atoms.